The first kappa shape index (κ1) is 18.0. The molecule has 1 aliphatic heterocycles. The van der Waals surface area contributed by atoms with E-state index in [2.05, 4.69) is 20.4 Å². The number of hydrogen-bond acceptors (Lipinski definition) is 6. The van der Waals surface area contributed by atoms with Crippen molar-refractivity contribution in [2.24, 2.45) is 5.92 Å². The number of aryl methyl sites for hydroxylation is 1. The number of carbonyl (C=O) groups excluding carboxylic acids is 2. The lowest BCUT2D eigenvalue weighted by Crippen LogP contribution is -2.37. The van der Waals surface area contributed by atoms with Gasteiger partial charge in [0.1, 0.15) is 0 Å². The van der Waals surface area contributed by atoms with E-state index < -0.39 is 0 Å². The van der Waals surface area contributed by atoms with Crippen LogP contribution in [-0.4, -0.2) is 44.9 Å². The fourth-order valence-corrected chi connectivity index (χ4v) is 3.05. The van der Waals surface area contributed by atoms with Gasteiger partial charge in [0, 0.05) is 32.3 Å². The lowest BCUT2D eigenvalue weighted by molar-refractivity contribution is -0.130. The number of nitrogens with zero attached hydrogens (tertiary/aromatic N) is 4. The Hall–Kier alpha value is -2.77. The summed E-state index contributed by atoms with van der Waals surface area (Å²) in [5, 5.41) is 6.42. The van der Waals surface area contributed by atoms with Gasteiger partial charge in [-0.1, -0.05) is 5.16 Å². The summed E-state index contributed by atoms with van der Waals surface area (Å²) in [5.74, 6) is 0.535. The van der Waals surface area contributed by atoms with Gasteiger partial charge in [-0.15, -0.1) is 0 Å². The van der Waals surface area contributed by atoms with Crippen LogP contribution in [0.15, 0.2) is 23.0 Å². The van der Waals surface area contributed by atoms with Gasteiger partial charge in [0.2, 0.25) is 11.7 Å². The molecule has 3 rings (SSSR count). The van der Waals surface area contributed by atoms with Gasteiger partial charge in [-0.05, 0) is 32.1 Å². The number of piperidine rings is 1. The van der Waals surface area contributed by atoms with Crippen LogP contribution in [0.1, 0.15) is 47.4 Å². The third kappa shape index (κ3) is 4.65. The van der Waals surface area contributed by atoms with Gasteiger partial charge in [-0.25, -0.2) is 0 Å². The monoisotopic (exact) mass is 357 g/mol. The molecule has 1 N–H and O–H groups in total. The van der Waals surface area contributed by atoms with E-state index >= 15 is 0 Å². The normalized spacial score (nSPS) is 15.1. The highest BCUT2D eigenvalue weighted by molar-refractivity contribution is 5.91. The van der Waals surface area contributed by atoms with Gasteiger partial charge in [0.25, 0.3) is 5.91 Å². The van der Waals surface area contributed by atoms with Crippen molar-refractivity contribution in [3.63, 3.8) is 0 Å². The molecular formula is C18H23N5O3. The lowest BCUT2D eigenvalue weighted by Gasteiger charge is -2.31. The molecular weight excluding hydrogens is 334 g/mol. The molecule has 3 heterocycles. The van der Waals surface area contributed by atoms with Crippen LogP contribution in [0, 0.1) is 12.8 Å². The zero-order chi connectivity index (χ0) is 18.5. The van der Waals surface area contributed by atoms with E-state index in [9.17, 15) is 9.59 Å². The van der Waals surface area contributed by atoms with Crippen molar-refractivity contribution < 1.29 is 14.1 Å². The number of hydrogen-bond donors (Lipinski definition) is 1. The summed E-state index contributed by atoms with van der Waals surface area (Å²) in [4.78, 5) is 34.0. The minimum Gasteiger partial charge on any atom is -0.351 e. The van der Waals surface area contributed by atoms with Gasteiger partial charge < -0.3 is 14.7 Å². The van der Waals surface area contributed by atoms with E-state index in [1.807, 2.05) is 4.90 Å². The largest absolute Gasteiger partial charge is 0.351 e. The second-order valence-corrected chi connectivity index (χ2v) is 6.67. The Morgan fingerprint density at radius 2 is 1.92 bits per heavy atom. The molecule has 0 aromatic carbocycles. The Kier molecular flexibility index (Phi) is 5.60. The molecule has 2 aromatic rings. The van der Waals surface area contributed by atoms with Gasteiger partial charge in [0.15, 0.2) is 0 Å². The van der Waals surface area contributed by atoms with Crippen LogP contribution < -0.4 is 5.32 Å². The third-order valence-electron chi connectivity index (χ3n) is 4.60. The Morgan fingerprint density at radius 1 is 1.23 bits per heavy atom. The van der Waals surface area contributed by atoms with Crippen LogP contribution in [0.3, 0.4) is 0 Å². The fourth-order valence-electron chi connectivity index (χ4n) is 3.05. The molecule has 2 aromatic heterocycles. The average Bonchev–Trinajstić information content (AvgIpc) is 3.08. The molecule has 0 radical (unpaired) electrons. The van der Waals surface area contributed by atoms with E-state index in [1.54, 1.807) is 32.3 Å². The molecule has 2 amide bonds. The number of carbonyl (C=O) groups is 2. The molecule has 0 bridgehead atoms. The van der Waals surface area contributed by atoms with Gasteiger partial charge in [-0.3, -0.25) is 19.6 Å². The Balaban J connectivity index is 1.46. The molecule has 0 spiro atoms. The number of likely N-dealkylation sites (tertiary alicyclic amines) is 1. The number of rotatable bonds is 5. The molecule has 0 aliphatic carbocycles. The van der Waals surface area contributed by atoms with Crippen molar-refractivity contribution in [2.45, 2.75) is 39.7 Å². The van der Waals surface area contributed by atoms with Crippen LogP contribution in [0.5, 0.6) is 0 Å². The molecule has 0 atom stereocenters. The molecule has 8 heteroatoms. The Labute approximate surface area is 152 Å². The highest BCUT2D eigenvalue weighted by Gasteiger charge is 2.21. The topological polar surface area (TPSA) is 101 Å². The number of amides is 2. The second kappa shape index (κ2) is 8.07. The minimum atomic E-state index is -0.325. The Morgan fingerprint density at radius 3 is 2.50 bits per heavy atom. The van der Waals surface area contributed by atoms with Crippen LogP contribution in [0.2, 0.25) is 0 Å². The Bertz CT molecular complexity index is 763. The molecule has 0 saturated carbocycles. The third-order valence-corrected chi connectivity index (χ3v) is 4.60. The quantitative estimate of drug-likeness (QED) is 0.870. The van der Waals surface area contributed by atoms with Crippen molar-refractivity contribution in [2.75, 3.05) is 13.1 Å². The maximum absolute atomic E-state index is 11.9. The van der Waals surface area contributed by atoms with Crippen molar-refractivity contribution in [1.82, 2.24) is 25.3 Å². The average molecular weight is 357 g/mol. The summed E-state index contributed by atoms with van der Waals surface area (Å²) in [5.41, 5.74) is 2.28. The first-order valence-corrected chi connectivity index (χ1v) is 8.78. The summed E-state index contributed by atoms with van der Waals surface area (Å²) in [6.45, 7) is 5.29. The van der Waals surface area contributed by atoms with Gasteiger partial charge in [0.05, 0.1) is 29.8 Å². The van der Waals surface area contributed by atoms with Crippen molar-refractivity contribution in [3.05, 3.63) is 41.3 Å². The second-order valence-electron chi connectivity index (χ2n) is 6.67. The van der Waals surface area contributed by atoms with Crippen LogP contribution in [-0.2, 0) is 17.8 Å². The first-order valence-electron chi connectivity index (χ1n) is 8.78. The van der Waals surface area contributed by atoms with E-state index in [0.29, 0.717) is 17.3 Å². The summed E-state index contributed by atoms with van der Waals surface area (Å²) in [6, 6.07) is 1.58. The molecule has 8 nitrogen and oxygen atoms in total. The summed E-state index contributed by atoms with van der Waals surface area (Å²) in [6.07, 6.45) is 6.30. The molecule has 26 heavy (non-hydrogen) atoms. The van der Waals surface area contributed by atoms with Crippen molar-refractivity contribution >= 4 is 11.8 Å². The maximum Gasteiger partial charge on any atom is 0.290 e. The standard InChI is InChI=1S/C18H23N5O3/c1-12-7-17(26-22-12)18(25)21-11-16-10-19-15(9-20-16)8-14-3-5-23(6-4-14)13(2)24/h7,9-10,14H,3-6,8,11H2,1-2H3,(H,21,25). The first-order chi connectivity index (χ1) is 12.5. The zero-order valence-corrected chi connectivity index (χ0v) is 15.1. The van der Waals surface area contributed by atoms with E-state index in [0.717, 1.165) is 38.0 Å². The summed E-state index contributed by atoms with van der Waals surface area (Å²) < 4.78 is 4.92. The highest BCUT2D eigenvalue weighted by Crippen LogP contribution is 2.20. The molecule has 1 aliphatic rings. The zero-order valence-electron chi connectivity index (χ0n) is 15.1. The molecule has 0 unspecified atom stereocenters. The van der Waals surface area contributed by atoms with E-state index in [1.165, 1.54) is 0 Å². The molecule has 138 valence electrons. The molecule has 1 fully saturated rings. The predicted molar refractivity (Wildman–Crippen MR) is 93.1 cm³/mol. The van der Waals surface area contributed by atoms with Crippen LogP contribution >= 0.6 is 0 Å². The summed E-state index contributed by atoms with van der Waals surface area (Å²) in [7, 11) is 0. The van der Waals surface area contributed by atoms with E-state index in [-0.39, 0.29) is 24.1 Å². The highest BCUT2D eigenvalue weighted by atomic mass is 16.5. The van der Waals surface area contributed by atoms with Gasteiger partial charge >= 0.3 is 0 Å². The maximum atomic E-state index is 11.9. The van der Waals surface area contributed by atoms with Crippen LogP contribution in [0.25, 0.3) is 0 Å². The van der Waals surface area contributed by atoms with Crippen LogP contribution in [0.4, 0.5) is 0 Å². The number of aromatic nitrogens is 3. The summed E-state index contributed by atoms with van der Waals surface area (Å²) >= 11 is 0. The van der Waals surface area contributed by atoms with Crippen molar-refractivity contribution in [3.8, 4) is 0 Å². The smallest absolute Gasteiger partial charge is 0.290 e. The van der Waals surface area contributed by atoms with E-state index in [4.69, 9.17) is 4.52 Å². The molecule has 1 saturated heterocycles. The van der Waals surface area contributed by atoms with Crippen molar-refractivity contribution in [1.29, 1.82) is 0 Å². The van der Waals surface area contributed by atoms with Gasteiger partial charge in [-0.2, -0.15) is 0 Å². The fraction of sp³-hybridized carbons (Fsp3) is 0.500. The minimum absolute atomic E-state index is 0.148. The predicted octanol–water partition coefficient (Wildman–Crippen LogP) is 1.50. The number of nitrogens with one attached hydrogen (secondary N) is 1. The SMILES string of the molecule is CC(=O)N1CCC(Cc2cnc(CNC(=O)c3cc(C)no3)cn2)CC1. The lowest BCUT2D eigenvalue weighted by atomic mass is 9.92.